The molecule has 3 aromatic carbocycles. The van der Waals surface area contributed by atoms with E-state index < -0.39 is 5.97 Å². The average molecular weight is 495 g/mol. The van der Waals surface area contributed by atoms with Crippen molar-refractivity contribution in [2.45, 2.75) is 18.8 Å². The quantitative estimate of drug-likeness (QED) is 0.263. The summed E-state index contributed by atoms with van der Waals surface area (Å²) in [6.45, 7) is 0. The molecule has 1 aliphatic rings. The van der Waals surface area contributed by atoms with Crippen molar-refractivity contribution in [3.05, 3.63) is 118 Å². The van der Waals surface area contributed by atoms with Crippen LogP contribution in [-0.2, 0) is 12.8 Å². The second-order valence-electron chi connectivity index (χ2n) is 8.66. The Labute approximate surface area is 213 Å². The lowest BCUT2D eigenvalue weighted by atomic mass is 9.88. The number of benzene rings is 3. The molecular weight excluding hydrogens is 474 g/mol. The summed E-state index contributed by atoms with van der Waals surface area (Å²) in [6.07, 6.45) is 2.73. The SMILES string of the molecule is N#Cc1ccc(Cl)cc1-c1ccc([C@H](Cc2ccccc2)C2=Nc3cc(C(=O)O)ccc3C2)[n+](O)c1. The van der Waals surface area contributed by atoms with E-state index in [4.69, 9.17) is 16.6 Å². The molecule has 1 aromatic heterocycles. The van der Waals surface area contributed by atoms with Gasteiger partial charge in [0.2, 0.25) is 11.9 Å². The Morgan fingerprint density at radius 3 is 2.61 bits per heavy atom. The van der Waals surface area contributed by atoms with Crippen molar-refractivity contribution < 1.29 is 19.8 Å². The van der Waals surface area contributed by atoms with Crippen LogP contribution in [0.5, 0.6) is 0 Å². The molecule has 0 unspecified atom stereocenters. The zero-order valence-electron chi connectivity index (χ0n) is 19.1. The molecule has 7 heteroatoms. The maximum Gasteiger partial charge on any atom is 0.335 e. The van der Waals surface area contributed by atoms with Crippen LogP contribution < -0.4 is 4.73 Å². The number of carboxylic acid groups (broad SMARTS) is 1. The average Bonchev–Trinajstić information content (AvgIpc) is 3.31. The lowest BCUT2D eigenvalue weighted by molar-refractivity contribution is -0.909. The van der Waals surface area contributed by atoms with Crippen molar-refractivity contribution in [3.8, 4) is 17.2 Å². The van der Waals surface area contributed by atoms with Gasteiger partial charge in [-0.25, -0.2) is 4.79 Å². The molecule has 0 aliphatic carbocycles. The predicted molar refractivity (Wildman–Crippen MR) is 136 cm³/mol. The monoisotopic (exact) mass is 494 g/mol. The maximum atomic E-state index is 11.4. The van der Waals surface area contributed by atoms with E-state index in [0.29, 0.717) is 45.9 Å². The van der Waals surface area contributed by atoms with Gasteiger partial charge in [0.1, 0.15) is 0 Å². The Morgan fingerprint density at radius 1 is 1.08 bits per heavy atom. The molecule has 0 spiro atoms. The van der Waals surface area contributed by atoms with Gasteiger partial charge in [0.25, 0.3) is 0 Å². The first-order valence-corrected chi connectivity index (χ1v) is 11.7. The molecule has 2 N–H and O–H groups in total. The Morgan fingerprint density at radius 2 is 1.89 bits per heavy atom. The number of halogens is 1. The third kappa shape index (κ3) is 4.57. The molecule has 0 saturated heterocycles. The molecule has 0 amide bonds. The van der Waals surface area contributed by atoms with Crippen LogP contribution in [0.25, 0.3) is 11.1 Å². The van der Waals surface area contributed by atoms with Gasteiger partial charge in [0, 0.05) is 33.5 Å². The Balaban J connectivity index is 1.56. The van der Waals surface area contributed by atoms with E-state index in [-0.39, 0.29) is 11.5 Å². The number of nitrogens with zero attached hydrogens (tertiary/aromatic N) is 3. The van der Waals surface area contributed by atoms with Crippen molar-refractivity contribution in [1.82, 2.24) is 0 Å². The lowest BCUT2D eigenvalue weighted by Gasteiger charge is -2.15. The highest BCUT2D eigenvalue weighted by molar-refractivity contribution is 6.30. The van der Waals surface area contributed by atoms with E-state index in [0.717, 1.165) is 21.6 Å². The van der Waals surface area contributed by atoms with Gasteiger partial charge in [0.15, 0.2) is 0 Å². The summed E-state index contributed by atoms with van der Waals surface area (Å²) < 4.78 is 1.08. The number of nitriles is 1. The molecule has 1 atom stereocenters. The number of carboxylic acids is 1. The zero-order valence-corrected chi connectivity index (χ0v) is 19.9. The highest BCUT2D eigenvalue weighted by atomic mass is 35.5. The van der Waals surface area contributed by atoms with Gasteiger partial charge in [-0.1, -0.05) is 48.0 Å². The van der Waals surface area contributed by atoms with E-state index in [9.17, 15) is 20.4 Å². The van der Waals surface area contributed by atoms with Gasteiger partial charge in [-0.3, -0.25) is 10.2 Å². The van der Waals surface area contributed by atoms with Gasteiger partial charge < -0.3 is 5.11 Å². The molecule has 5 rings (SSSR count). The van der Waals surface area contributed by atoms with Crippen LogP contribution in [0, 0.1) is 11.3 Å². The van der Waals surface area contributed by atoms with Gasteiger partial charge >= 0.3 is 5.97 Å². The number of pyridine rings is 1. The first-order chi connectivity index (χ1) is 17.4. The van der Waals surface area contributed by atoms with Crippen molar-refractivity contribution in [3.63, 3.8) is 0 Å². The molecule has 0 saturated carbocycles. The number of hydrogen-bond acceptors (Lipinski definition) is 4. The van der Waals surface area contributed by atoms with Crippen molar-refractivity contribution in [2.24, 2.45) is 4.99 Å². The van der Waals surface area contributed by atoms with Crippen molar-refractivity contribution in [1.29, 1.82) is 5.26 Å². The number of aromatic nitrogens is 1. The van der Waals surface area contributed by atoms with Crippen LogP contribution in [0.2, 0.25) is 5.02 Å². The topological polar surface area (TPSA) is 97.6 Å². The van der Waals surface area contributed by atoms with E-state index in [1.54, 1.807) is 42.6 Å². The Hall–Kier alpha value is -4.47. The minimum absolute atomic E-state index is 0.190. The van der Waals surface area contributed by atoms with Gasteiger partial charge in [-0.05, 0) is 53.9 Å². The summed E-state index contributed by atoms with van der Waals surface area (Å²) in [4.78, 5) is 16.2. The Bertz CT molecular complexity index is 1560. The largest absolute Gasteiger partial charge is 0.478 e. The van der Waals surface area contributed by atoms with E-state index in [1.165, 1.54) is 0 Å². The fourth-order valence-electron chi connectivity index (χ4n) is 4.57. The van der Waals surface area contributed by atoms with E-state index in [1.807, 2.05) is 42.5 Å². The van der Waals surface area contributed by atoms with E-state index in [2.05, 4.69) is 6.07 Å². The molecule has 0 bridgehead atoms. The highest BCUT2D eigenvalue weighted by Gasteiger charge is 2.32. The van der Waals surface area contributed by atoms with Crippen LogP contribution in [0.1, 0.15) is 38.7 Å². The molecule has 4 aromatic rings. The molecular formula is C29H21ClN3O3+. The van der Waals surface area contributed by atoms with Crippen LogP contribution in [0.4, 0.5) is 5.69 Å². The third-order valence-corrected chi connectivity index (χ3v) is 6.62. The molecule has 6 nitrogen and oxygen atoms in total. The fourth-order valence-corrected chi connectivity index (χ4v) is 4.74. The summed E-state index contributed by atoms with van der Waals surface area (Å²) in [7, 11) is 0. The zero-order chi connectivity index (χ0) is 25.2. The number of carbonyl (C=O) groups is 1. The van der Waals surface area contributed by atoms with Crippen molar-refractivity contribution >= 4 is 29.0 Å². The molecule has 36 heavy (non-hydrogen) atoms. The molecule has 176 valence electrons. The summed E-state index contributed by atoms with van der Waals surface area (Å²) in [6, 6.07) is 25.8. The van der Waals surface area contributed by atoms with Crippen molar-refractivity contribution in [2.75, 3.05) is 0 Å². The number of rotatable bonds is 6. The first kappa shape index (κ1) is 23.3. The fraction of sp³-hybridized carbons (Fsp3) is 0.103. The molecule has 1 aliphatic heterocycles. The maximum absolute atomic E-state index is 11.4. The van der Waals surface area contributed by atoms with Crippen LogP contribution >= 0.6 is 11.6 Å². The minimum Gasteiger partial charge on any atom is -0.478 e. The summed E-state index contributed by atoms with van der Waals surface area (Å²) >= 11 is 6.17. The molecule has 2 heterocycles. The highest BCUT2D eigenvalue weighted by Crippen LogP contribution is 2.34. The second-order valence-corrected chi connectivity index (χ2v) is 9.10. The summed E-state index contributed by atoms with van der Waals surface area (Å²) in [5.74, 6) is -1.26. The number of aromatic carboxylic acids is 1. The third-order valence-electron chi connectivity index (χ3n) is 6.38. The van der Waals surface area contributed by atoms with E-state index >= 15 is 0 Å². The summed E-state index contributed by atoms with van der Waals surface area (Å²) in [5, 5.41) is 30.5. The standard InChI is InChI=1S/C29H20ClN3O3/c30-23-10-8-21(16-31)24(15-23)22-9-11-28(33(36)17-22)25(12-18-4-2-1-3-5-18)27-13-19-6-7-20(29(34)35)14-26(19)32-27/h1-11,14-15,17,25H,12-13H2,(H-,34,35,36)/p+1/t25-/m1/s1. The van der Waals surface area contributed by atoms with Crippen LogP contribution in [-0.4, -0.2) is 22.0 Å². The normalized spacial score (nSPS) is 12.9. The van der Waals surface area contributed by atoms with Crippen LogP contribution in [0.15, 0.2) is 90.1 Å². The van der Waals surface area contributed by atoms with Gasteiger partial charge in [-0.2, -0.15) is 5.26 Å². The first-order valence-electron chi connectivity index (χ1n) is 11.4. The molecule has 0 fully saturated rings. The smallest absolute Gasteiger partial charge is 0.335 e. The lowest BCUT2D eigenvalue weighted by Crippen LogP contribution is -2.39. The second kappa shape index (κ2) is 9.65. The van der Waals surface area contributed by atoms with Gasteiger partial charge in [0.05, 0.1) is 34.4 Å². The number of aliphatic imine (C=N–C) groups is 1. The Kier molecular flexibility index (Phi) is 6.24. The van der Waals surface area contributed by atoms with Gasteiger partial charge in [-0.15, -0.1) is 0 Å². The minimum atomic E-state index is -0.996. The predicted octanol–water partition coefficient (Wildman–Crippen LogP) is 5.76. The number of hydrogen-bond donors (Lipinski definition) is 2. The molecule has 0 radical (unpaired) electrons. The number of fused-ring (bicyclic) bond motifs is 1. The van der Waals surface area contributed by atoms with Crippen LogP contribution in [0.3, 0.4) is 0 Å². The summed E-state index contributed by atoms with van der Waals surface area (Å²) in [5.41, 5.74) is 6.08.